The molecule has 1 heterocycles. The SMILES string of the molecule is CCCCCCNS(=O)(=O)c1cc(C)c(CNC)s1. The Bertz CT molecular complexity index is 481. The zero-order chi connectivity index (χ0) is 14.3. The summed E-state index contributed by atoms with van der Waals surface area (Å²) in [6.45, 7) is 5.33. The summed E-state index contributed by atoms with van der Waals surface area (Å²) in [5.74, 6) is 0. The summed E-state index contributed by atoms with van der Waals surface area (Å²) in [7, 11) is -1.47. The molecule has 0 bridgehead atoms. The van der Waals surface area contributed by atoms with E-state index in [4.69, 9.17) is 0 Å². The Balaban J connectivity index is 2.59. The number of unbranched alkanes of at least 4 members (excludes halogenated alkanes) is 3. The number of hydrogen-bond acceptors (Lipinski definition) is 4. The van der Waals surface area contributed by atoms with Crippen LogP contribution in [-0.2, 0) is 16.6 Å². The van der Waals surface area contributed by atoms with Gasteiger partial charge in [-0.15, -0.1) is 11.3 Å². The second-order valence-corrected chi connectivity index (χ2v) is 7.79. The van der Waals surface area contributed by atoms with Gasteiger partial charge in [-0.2, -0.15) is 0 Å². The Hall–Kier alpha value is -0.430. The predicted octanol–water partition coefficient (Wildman–Crippen LogP) is 2.63. The number of thiophene rings is 1. The van der Waals surface area contributed by atoms with Crippen molar-refractivity contribution in [3.8, 4) is 0 Å². The highest BCUT2D eigenvalue weighted by molar-refractivity contribution is 7.91. The maximum atomic E-state index is 12.1. The van der Waals surface area contributed by atoms with Gasteiger partial charge in [-0.05, 0) is 32.0 Å². The van der Waals surface area contributed by atoms with E-state index in [-0.39, 0.29) is 0 Å². The fourth-order valence-electron chi connectivity index (χ4n) is 1.79. The fourth-order valence-corrected chi connectivity index (χ4v) is 4.51. The summed E-state index contributed by atoms with van der Waals surface area (Å²) in [4.78, 5) is 1.08. The molecule has 0 saturated carbocycles. The molecule has 0 aromatic carbocycles. The van der Waals surface area contributed by atoms with E-state index >= 15 is 0 Å². The van der Waals surface area contributed by atoms with Crippen molar-refractivity contribution < 1.29 is 8.42 Å². The highest BCUT2D eigenvalue weighted by Gasteiger charge is 2.17. The van der Waals surface area contributed by atoms with Crippen LogP contribution in [0.1, 0.15) is 43.0 Å². The van der Waals surface area contributed by atoms with Crippen LogP contribution in [-0.4, -0.2) is 22.0 Å². The van der Waals surface area contributed by atoms with Gasteiger partial charge in [-0.25, -0.2) is 13.1 Å². The molecule has 1 aromatic rings. The first kappa shape index (κ1) is 16.6. The molecule has 0 atom stereocenters. The smallest absolute Gasteiger partial charge is 0.250 e. The summed E-state index contributed by atoms with van der Waals surface area (Å²) in [5.41, 5.74) is 1.03. The van der Waals surface area contributed by atoms with E-state index in [1.807, 2.05) is 14.0 Å². The van der Waals surface area contributed by atoms with Crippen LogP contribution in [0.3, 0.4) is 0 Å². The molecular formula is C13H24N2O2S2. The van der Waals surface area contributed by atoms with Gasteiger partial charge in [0.1, 0.15) is 4.21 Å². The van der Waals surface area contributed by atoms with Crippen molar-refractivity contribution >= 4 is 21.4 Å². The minimum Gasteiger partial charge on any atom is -0.315 e. The van der Waals surface area contributed by atoms with Crippen molar-refractivity contribution in [2.75, 3.05) is 13.6 Å². The minimum atomic E-state index is -3.33. The largest absolute Gasteiger partial charge is 0.315 e. The van der Waals surface area contributed by atoms with Crippen molar-refractivity contribution in [1.29, 1.82) is 0 Å². The van der Waals surface area contributed by atoms with Crippen LogP contribution < -0.4 is 10.0 Å². The zero-order valence-electron chi connectivity index (χ0n) is 12.0. The summed E-state index contributed by atoms with van der Waals surface area (Å²) in [6, 6.07) is 1.76. The number of hydrogen-bond donors (Lipinski definition) is 2. The molecule has 0 aliphatic carbocycles. The molecule has 0 unspecified atom stereocenters. The Kier molecular flexibility index (Phi) is 6.99. The van der Waals surface area contributed by atoms with E-state index in [0.29, 0.717) is 17.3 Å². The highest BCUT2D eigenvalue weighted by Crippen LogP contribution is 2.25. The van der Waals surface area contributed by atoms with Crippen LogP contribution in [0.15, 0.2) is 10.3 Å². The van der Waals surface area contributed by atoms with Gasteiger partial charge in [0.05, 0.1) is 0 Å². The lowest BCUT2D eigenvalue weighted by Crippen LogP contribution is -2.24. The Labute approximate surface area is 120 Å². The average Bonchev–Trinajstić information content (AvgIpc) is 2.72. The predicted molar refractivity (Wildman–Crippen MR) is 81.2 cm³/mol. The molecule has 0 radical (unpaired) electrons. The van der Waals surface area contributed by atoms with Gasteiger partial charge in [0.15, 0.2) is 0 Å². The maximum Gasteiger partial charge on any atom is 0.250 e. The quantitative estimate of drug-likeness (QED) is 0.690. The first-order valence-electron chi connectivity index (χ1n) is 6.74. The van der Waals surface area contributed by atoms with E-state index in [1.165, 1.54) is 11.3 Å². The number of aryl methyl sites for hydroxylation is 1. The topological polar surface area (TPSA) is 58.2 Å². The van der Waals surface area contributed by atoms with Crippen molar-refractivity contribution in [2.24, 2.45) is 0 Å². The van der Waals surface area contributed by atoms with Crippen molar-refractivity contribution in [3.05, 3.63) is 16.5 Å². The monoisotopic (exact) mass is 304 g/mol. The molecular weight excluding hydrogens is 280 g/mol. The van der Waals surface area contributed by atoms with Gasteiger partial charge in [0.25, 0.3) is 0 Å². The Morgan fingerprint density at radius 3 is 2.63 bits per heavy atom. The van der Waals surface area contributed by atoms with E-state index in [9.17, 15) is 8.42 Å². The van der Waals surface area contributed by atoms with E-state index in [0.717, 1.165) is 36.1 Å². The molecule has 0 aliphatic rings. The van der Waals surface area contributed by atoms with Gasteiger partial charge < -0.3 is 5.32 Å². The first-order valence-corrected chi connectivity index (χ1v) is 9.04. The van der Waals surface area contributed by atoms with Crippen LogP contribution in [0.25, 0.3) is 0 Å². The molecule has 110 valence electrons. The number of nitrogens with one attached hydrogen (secondary N) is 2. The van der Waals surface area contributed by atoms with E-state index in [2.05, 4.69) is 17.0 Å². The molecule has 0 spiro atoms. The lowest BCUT2D eigenvalue weighted by atomic mass is 10.2. The maximum absolute atomic E-state index is 12.1. The molecule has 0 fully saturated rings. The summed E-state index contributed by atoms with van der Waals surface area (Å²) in [5, 5.41) is 3.05. The molecule has 0 aliphatic heterocycles. The van der Waals surface area contributed by atoms with Gasteiger partial charge in [-0.3, -0.25) is 0 Å². The van der Waals surface area contributed by atoms with Crippen LogP contribution in [0.2, 0.25) is 0 Å². The third-order valence-corrected chi connectivity index (χ3v) is 6.09. The molecule has 4 nitrogen and oxygen atoms in total. The lowest BCUT2D eigenvalue weighted by molar-refractivity contribution is 0.575. The Morgan fingerprint density at radius 1 is 1.26 bits per heavy atom. The molecule has 6 heteroatoms. The van der Waals surface area contributed by atoms with E-state index in [1.54, 1.807) is 6.07 Å². The molecule has 1 rings (SSSR count). The second-order valence-electron chi connectivity index (χ2n) is 4.66. The normalized spacial score (nSPS) is 11.9. The van der Waals surface area contributed by atoms with Crippen molar-refractivity contribution in [2.45, 2.75) is 50.3 Å². The number of sulfonamides is 1. The minimum absolute atomic E-state index is 0.422. The highest BCUT2D eigenvalue weighted by atomic mass is 32.2. The van der Waals surface area contributed by atoms with Crippen LogP contribution in [0, 0.1) is 6.92 Å². The van der Waals surface area contributed by atoms with Gasteiger partial charge in [0, 0.05) is 18.0 Å². The van der Waals surface area contributed by atoms with Crippen LogP contribution in [0.5, 0.6) is 0 Å². The zero-order valence-corrected chi connectivity index (χ0v) is 13.6. The van der Waals surface area contributed by atoms with Gasteiger partial charge in [0.2, 0.25) is 10.0 Å². The third-order valence-electron chi connectivity index (χ3n) is 2.92. The van der Waals surface area contributed by atoms with Crippen LogP contribution in [0.4, 0.5) is 0 Å². The molecule has 19 heavy (non-hydrogen) atoms. The molecule has 0 amide bonds. The standard InChI is InChI=1S/C13H24N2O2S2/c1-4-5-6-7-8-15-19(16,17)13-9-11(2)12(18-13)10-14-3/h9,14-15H,4-8,10H2,1-3H3. The number of rotatable bonds is 9. The first-order chi connectivity index (χ1) is 9.01. The summed E-state index contributed by atoms with van der Waals surface area (Å²) >= 11 is 1.35. The van der Waals surface area contributed by atoms with Crippen molar-refractivity contribution in [1.82, 2.24) is 10.0 Å². The molecule has 0 saturated heterocycles. The van der Waals surface area contributed by atoms with Crippen molar-refractivity contribution in [3.63, 3.8) is 0 Å². The van der Waals surface area contributed by atoms with Gasteiger partial charge in [-0.1, -0.05) is 26.2 Å². The second kappa shape index (κ2) is 7.99. The summed E-state index contributed by atoms with van der Waals surface area (Å²) in [6.07, 6.45) is 4.30. The third kappa shape index (κ3) is 5.22. The van der Waals surface area contributed by atoms with Gasteiger partial charge >= 0.3 is 0 Å². The molecule has 2 N–H and O–H groups in total. The summed E-state index contributed by atoms with van der Waals surface area (Å²) < 4.78 is 27.3. The Morgan fingerprint density at radius 2 is 2.00 bits per heavy atom. The molecule has 1 aromatic heterocycles. The fraction of sp³-hybridized carbons (Fsp3) is 0.692. The lowest BCUT2D eigenvalue weighted by Gasteiger charge is -2.04. The van der Waals surface area contributed by atoms with E-state index < -0.39 is 10.0 Å². The van der Waals surface area contributed by atoms with Crippen LogP contribution >= 0.6 is 11.3 Å². The average molecular weight is 304 g/mol.